The number of hydrogen-bond donors (Lipinski definition) is 2. The van der Waals surface area contributed by atoms with Crippen LogP contribution in [0.25, 0.3) is 16.5 Å². The van der Waals surface area contributed by atoms with Crippen molar-refractivity contribution in [1.82, 2.24) is 19.7 Å². The van der Waals surface area contributed by atoms with Gasteiger partial charge < -0.3 is 5.11 Å². The van der Waals surface area contributed by atoms with E-state index >= 15 is 0 Å². The molecule has 4 aromatic rings. The highest BCUT2D eigenvalue weighted by molar-refractivity contribution is 6.30. The predicted molar refractivity (Wildman–Crippen MR) is 99.9 cm³/mol. The number of nitrogens with one attached hydrogen (secondary N) is 1. The van der Waals surface area contributed by atoms with Crippen LogP contribution in [0.15, 0.2) is 64.6 Å². The average Bonchev–Trinajstić information content (AvgIpc) is 3.15. The molecule has 2 N–H and O–H groups in total. The van der Waals surface area contributed by atoms with Gasteiger partial charge in [-0.3, -0.25) is 4.79 Å². The minimum Gasteiger partial charge on any atom is -0.494 e. The van der Waals surface area contributed by atoms with E-state index in [9.17, 15) is 9.90 Å². The Hall–Kier alpha value is -3.45. The van der Waals surface area contributed by atoms with Crippen LogP contribution in [-0.4, -0.2) is 31.1 Å². The van der Waals surface area contributed by atoms with E-state index in [0.29, 0.717) is 27.0 Å². The Kier molecular flexibility index (Phi) is 3.98. The molecule has 26 heavy (non-hydrogen) atoms. The molecule has 0 saturated heterocycles. The second kappa shape index (κ2) is 6.45. The Morgan fingerprint density at radius 2 is 1.96 bits per heavy atom. The van der Waals surface area contributed by atoms with Crippen molar-refractivity contribution in [2.24, 2.45) is 4.99 Å². The number of aliphatic imine (C=N–C) groups is 1. The minimum absolute atomic E-state index is 0.237. The Labute approximate surface area is 152 Å². The molecule has 0 radical (unpaired) electrons. The molecule has 0 unspecified atom stereocenters. The molecule has 128 valence electrons. The van der Waals surface area contributed by atoms with Gasteiger partial charge in [-0.15, -0.1) is 0 Å². The van der Waals surface area contributed by atoms with Crippen LogP contribution in [0, 0.1) is 0 Å². The molecule has 7 nitrogen and oxygen atoms in total. The quantitative estimate of drug-likeness (QED) is 0.545. The first-order valence-electron chi connectivity index (χ1n) is 7.67. The number of nitrogens with zero attached hydrogens (tertiary/aromatic N) is 4. The first-order chi connectivity index (χ1) is 12.6. The standard InChI is InChI=1S/C18H12ClN5O2/c19-11-4-3-5-12(8-11)24-16(25)14-7-2-1-6-13(14)15(17(24)26)9-20-18-21-10-22-23-18/h1-10,26H,(H,21,22,23)/b20-9+. The molecular weight excluding hydrogens is 354 g/mol. The second-order valence-corrected chi connectivity index (χ2v) is 5.91. The molecule has 0 atom stereocenters. The highest BCUT2D eigenvalue weighted by Gasteiger charge is 2.16. The molecule has 0 spiro atoms. The fourth-order valence-electron chi connectivity index (χ4n) is 2.73. The summed E-state index contributed by atoms with van der Waals surface area (Å²) >= 11 is 6.04. The van der Waals surface area contributed by atoms with Gasteiger partial charge >= 0.3 is 0 Å². The van der Waals surface area contributed by atoms with Crippen LogP contribution < -0.4 is 5.56 Å². The summed E-state index contributed by atoms with van der Waals surface area (Å²) in [5, 5.41) is 18.6. The van der Waals surface area contributed by atoms with E-state index in [-0.39, 0.29) is 17.4 Å². The zero-order chi connectivity index (χ0) is 18.1. The number of aromatic hydroxyl groups is 1. The largest absolute Gasteiger partial charge is 0.494 e. The summed E-state index contributed by atoms with van der Waals surface area (Å²) < 4.78 is 1.20. The summed E-state index contributed by atoms with van der Waals surface area (Å²) in [6.45, 7) is 0. The summed E-state index contributed by atoms with van der Waals surface area (Å²) in [6.07, 6.45) is 2.77. The van der Waals surface area contributed by atoms with Crippen molar-refractivity contribution in [2.45, 2.75) is 0 Å². The lowest BCUT2D eigenvalue weighted by atomic mass is 10.1. The van der Waals surface area contributed by atoms with Crippen LogP contribution >= 0.6 is 11.6 Å². The fraction of sp³-hybridized carbons (Fsp3) is 0. The highest BCUT2D eigenvalue weighted by Crippen LogP contribution is 2.27. The summed E-state index contributed by atoms with van der Waals surface area (Å²) in [6, 6.07) is 13.7. The fourth-order valence-corrected chi connectivity index (χ4v) is 2.92. The monoisotopic (exact) mass is 365 g/mol. The van der Waals surface area contributed by atoms with Crippen LogP contribution in [0.3, 0.4) is 0 Å². The van der Waals surface area contributed by atoms with Gasteiger partial charge in [0.15, 0.2) is 0 Å². The third-order valence-electron chi connectivity index (χ3n) is 3.89. The van der Waals surface area contributed by atoms with Crippen molar-refractivity contribution in [3.05, 3.63) is 75.8 Å². The molecule has 8 heteroatoms. The Morgan fingerprint density at radius 1 is 1.15 bits per heavy atom. The maximum atomic E-state index is 12.9. The van der Waals surface area contributed by atoms with E-state index in [1.54, 1.807) is 48.5 Å². The molecule has 0 aliphatic carbocycles. The molecular formula is C18H12ClN5O2. The topological polar surface area (TPSA) is 96.2 Å². The molecule has 2 aromatic heterocycles. The summed E-state index contributed by atoms with van der Waals surface area (Å²) in [5.41, 5.74) is 0.494. The van der Waals surface area contributed by atoms with E-state index < -0.39 is 0 Å². The van der Waals surface area contributed by atoms with Crippen molar-refractivity contribution >= 4 is 34.5 Å². The Morgan fingerprint density at radius 3 is 2.69 bits per heavy atom. The lowest BCUT2D eigenvalue weighted by Gasteiger charge is -2.13. The van der Waals surface area contributed by atoms with Crippen molar-refractivity contribution in [1.29, 1.82) is 0 Å². The van der Waals surface area contributed by atoms with E-state index in [1.807, 2.05) is 0 Å². The van der Waals surface area contributed by atoms with Gasteiger partial charge in [0.2, 0.25) is 11.8 Å². The molecule has 0 aliphatic heterocycles. The van der Waals surface area contributed by atoms with Crippen molar-refractivity contribution in [2.75, 3.05) is 0 Å². The van der Waals surface area contributed by atoms with Gasteiger partial charge in [-0.25, -0.2) is 14.7 Å². The zero-order valence-corrected chi connectivity index (χ0v) is 14.1. The summed E-state index contributed by atoms with van der Waals surface area (Å²) in [7, 11) is 0. The van der Waals surface area contributed by atoms with Gasteiger partial charge in [0.25, 0.3) is 5.56 Å². The van der Waals surface area contributed by atoms with Gasteiger partial charge in [-0.2, -0.15) is 10.1 Å². The van der Waals surface area contributed by atoms with Gasteiger partial charge in [0.05, 0.1) is 11.3 Å². The molecule has 0 saturated carbocycles. The number of halogens is 1. The first kappa shape index (κ1) is 16.0. The number of aromatic nitrogens is 4. The zero-order valence-electron chi connectivity index (χ0n) is 13.3. The number of fused-ring (bicyclic) bond motifs is 1. The van der Waals surface area contributed by atoms with E-state index in [4.69, 9.17) is 11.6 Å². The van der Waals surface area contributed by atoms with Crippen LogP contribution in [-0.2, 0) is 0 Å². The van der Waals surface area contributed by atoms with Gasteiger partial charge in [-0.1, -0.05) is 35.9 Å². The van der Waals surface area contributed by atoms with E-state index in [2.05, 4.69) is 20.2 Å². The maximum Gasteiger partial charge on any atom is 0.265 e. The van der Waals surface area contributed by atoms with Crippen molar-refractivity contribution in [3.8, 4) is 11.6 Å². The molecule has 4 rings (SSSR count). The smallest absolute Gasteiger partial charge is 0.265 e. The number of aromatic amines is 1. The first-order valence-corrected chi connectivity index (χ1v) is 8.05. The number of hydrogen-bond acceptors (Lipinski definition) is 5. The summed E-state index contributed by atoms with van der Waals surface area (Å²) in [5.74, 6) is 0.0493. The van der Waals surface area contributed by atoms with Crippen molar-refractivity contribution in [3.63, 3.8) is 0 Å². The van der Waals surface area contributed by atoms with Crippen molar-refractivity contribution < 1.29 is 5.11 Å². The highest BCUT2D eigenvalue weighted by atomic mass is 35.5. The maximum absolute atomic E-state index is 12.9. The average molecular weight is 366 g/mol. The molecule has 2 aromatic carbocycles. The summed E-state index contributed by atoms with van der Waals surface area (Å²) in [4.78, 5) is 21.0. The molecule has 0 aliphatic rings. The van der Waals surface area contributed by atoms with Crippen LogP contribution in [0.4, 0.5) is 5.95 Å². The lowest BCUT2D eigenvalue weighted by Crippen LogP contribution is -2.20. The van der Waals surface area contributed by atoms with E-state index in [0.717, 1.165) is 0 Å². The predicted octanol–water partition coefficient (Wildman–Crippen LogP) is 3.22. The van der Waals surface area contributed by atoms with Crippen LogP contribution in [0.1, 0.15) is 5.56 Å². The van der Waals surface area contributed by atoms with Gasteiger partial charge in [-0.05, 0) is 24.3 Å². The third kappa shape index (κ3) is 2.74. The Bertz CT molecular complexity index is 1180. The van der Waals surface area contributed by atoms with Gasteiger partial charge in [0, 0.05) is 22.0 Å². The third-order valence-corrected chi connectivity index (χ3v) is 4.12. The Balaban J connectivity index is 2.03. The van der Waals surface area contributed by atoms with Crippen LogP contribution in [0.5, 0.6) is 5.88 Å². The normalized spacial score (nSPS) is 11.4. The molecule has 0 fully saturated rings. The molecule has 0 bridgehead atoms. The number of benzene rings is 2. The second-order valence-electron chi connectivity index (χ2n) is 5.47. The number of rotatable bonds is 3. The van der Waals surface area contributed by atoms with Gasteiger partial charge in [0.1, 0.15) is 6.33 Å². The minimum atomic E-state index is -0.350. The van der Waals surface area contributed by atoms with Crippen LogP contribution in [0.2, 0.25) is 5.02 Å². The number of pyridine rings is 1. The molecule has 2 heterocycles. The SMILES string of the molecule is O=c1c2ccccc2c(/C=N/c2ncn[nH]2)c(O)n1-c1cccc(Cl)c1. The van der Waals surface area contributed by atoms with E-state index in [1.165, 1.54) is 17.1 Å². The lowest BCUT2D eigenvalue weighted by molar-refractivity contribution is 0.436. The number of H-pyrrole nitrogens is 1. The molecule has 0 amide bonds.